The summed E-state index contributed by atoms with van der Waals surface area (Å²) in [5, 5.41) is 11.9. The van der Waals surface area contributed by atoms with Crippen LogP contribution in [0.2, 0.25) is 0 Å². The van der Waals surface area contributed by atoms with E-state index in [1.165, 1.54) is 48.2 Å². The van der Waals surface area contributed by atoms with Crippen molar-refractivity contribution in [1.82, 2.24) is 4.98 Å². The first-order valence-electron chi connectivity index (χ1n) is 12.6. The molecule has 0 spiro atoms. The van der Waals surface area contributed by atoms with Crippen molar-refractivity contribution in [2.75, 3.05) is 6.61 Å². The van der Waals surface area contributed by atoms with Gasteiger partial charge in [0.25, 0.3) is 0 Å². The van der Waals surface area contributed by atoms with E-state index in [0.29, 0.717) is 12.5 Å². The molecular formula is C28H35NO2S. The number of aliphatic hydroxyl groups excluding tert-OH is 1. The number of aryl methyl sites for hydroxylation is 1. The van der Waals surface area contributed by atoms with E-state index in [0.717, 1.165) is 35.4 Å². The third kappa shape index (κ3) is 2.91. The molecule has 6 atom stereocenters. The van der Waals surface area contributed by atoms with Gasteiger partial charge in [0.15, 0.2) is 0 Å². The highest BCUT2D eigenvalue weighted by Gasteiger charge is 2.58. The molecule has 1 N–H and O–H groups in total. The normalized spacial score (nSPS) is 37.7. The SMILES string of the molecule is CCOc1cccc(-c2nc3c(s2)C2=CC[C@H]4[C@@H]5CC[C@H](O)[C@@]5(C)CC[C@@H]4[C@@]2(C)CC3)c1. The summed E-state index contributed by atoms with van der Waals surface area (Å²) in [6, 6.07) is 8.39. The minimum Gasteiger partial charge on any atom is -0.494 e. The van der Waals surface area contributed by atoms with E-state index >= 15 is 0 Å². The fourth-order valence-electron chi connectivity index (χ4n) is 7.86. The van der Waals surface area contributed by atoms with E-state index in [1.807, 2.05) is 24.3 Å². The van der Waals surface area contributed by atoms with Crippen molar-refractivity contribution in [3.8, 4) is 16.3 Å². The third-order valence-corrected chi connectivity index (χ3v) is 10.8. The van der Waals surface area contributed by atoms with Gasteiger partial charge in [-0.05, 0) is 98.2 Å². The summed E-state index contributed by atoms with van der Waals surface area (Å²) >= 11 is 1.88. The van der Waals surface area contributed by atoms with E-state index in [1.54, 1.807) is 5.57 Å². The lowest BCUT2D eigenvalue weighted by molar-refractivity contribution is -0.0579. The summed E-state index contributed by atoms with van der Waals surface area (Å²) in [5.41, 5.74) is 4.44. The van der Waals surface area contributed by atoms with Gasteiger partial charge in [-0.25, -0.2) is 4.98 Å². The van der Waals surface area contributed by atoms with Crippen LogP contribution in [0.15, 0.2) is 30.3 Å². The molecule has 4 heteroatoms. The third-order valence-electron chi connectivity index (χ3n) is 9.63. The summed E-state index contributed by atoms with van der Waals surface area (Å²) in [6.45, 7) is 7.63. The van der Waals surface area contributed by atoms with Gasteiger partial charge in [0.1, 0.15) is 10.8 Å². The highest BCUT2D eigenvalue weighted by atomic mass is 32.1. The Morgan fingerprint density at radius 2 is 2.03 bits per heavy atom. The van der Waals surface area contributed by atoms with Gasteiger partial charge in [-0.1, -0.05) is 32.1 Å². The zero-order valence-electron chi connectivity index (χ0n) is 19.6. The van der Waals surface area contributed by atoms with Crippen LogP contribution < -0.4 is 4.74 Å². The lowest BCUT2D eigenvalue weighted by Gasteiger charge is -2.56. The predicted molar refractivity (Wildman–Crippen MR) is 131 cm³/mol. The molecule has 0 bridgehead atoms. The van der Waals surface area contributed by atoms with E-state index in [9.17, 15) is 5.11 Å². The zero-order valence-corrected chi connectivity index (χ0v) is 20.4. The van der Waals surface area contributed by atoms with Crippen LogP contribution in [-0.4, -0.2) is 22.8 Å². The Kier molecular flexibility index (Phi) is 4.86. The molecule has 6 rings (SSSR count). The molecule has 2 fully saturated rings. The number of aromatic nitrogens is 1. The molecule has 2 saturated carbocycles. The fraction of sp³-hybridized carbons (Fsp3) is 0.607. The summed E-state index contributed by atoms with van der Waals surface area (Å²) in [6.07, 6.45) is 10.6. The lowest BCUT2D eigenvalue weighted by Crippen LogP contribution is -2.50. The van der Waals surface area contributed by atoms with Crippen LogP contribution >= 0.6 is 11.3 Å². The molecule has 4 aliphatic carbocycles. The van der Waals surface area contributed by atoms with Crippen molar-refractivity contribution >= 4 is 16.9 Å². The maximum absolute atomic E-state index is 10.7. The Morgan fingerprint density at radius 3 is 2.88 bits per heavy atom. The second-order valence-electron chi connectivity index (χ2n) is 11.0. The zero-order chi connectivity index (χ0) is 22.1. The number of benzene rings is 1. The molecule has 0 unspecified atom stereocenters. The minimum atomic E-state index is -0.0962. The van der Waals surface area contributed by atoms with E-state index in [-0.39, 0.29) is 16.9 Å². The van der Waals surface area contributed by atoms with Crippen molar-refractivity contribution in [3.63, 3.8) is 0 Å². The van der Waals surface area contributed by atoms with Gasteiger partial charge in [-0.3, -0.25) is 0 Å². The van der Waals surface area contributed by atoms with Gasteiger partial charge in [0, 0.05) is 5.56 Å². The second kappa shape index (κ2) is 7.43. The molecule has 0 amide bonds. The quantitative estimate of drug-likeness (QED) is 0.563. The van der Waals surface area contributed by atoms with Crippen LogP contribution in [0.25, 0.3) is 16.1 Å². The highest BCUT2D eigenvalue weighted by molar-refractivity contribution is 7.16. The second-order valence-corrected chi connectivity index (χ2v) is 12.0. The van der Waals surface area contributed by atoms with Gasteiger partial charge >= 0.3 is 0 Å². The van der Waals surface area contributed by atoms with Crippen molar-refractivity contribution in [2.24, 2.45) is 28.6 Å². The monoisotopic (exact) mass is 449 g/mol. The molecule has 0 saturated heterocycles. The summed E-state index contributed by atoms with van der Waals surface area (Å²) in [7, 11) is 0. The largest absolute Gasteiger partial charge is 0.494 e. The van der Waals surface area contributed by atoms with Gasteiger partial charge < -0.3 is 9.84 Å². The summed E-state index contributed by atoms with van der Waals surface area (Å²) in [4.78, 5) is 6.55. The number of hydrogen-bond acceptors (Lipinski definition) is 4. The van der Waals surface area contributed by atoms with Crippen molar-refractivity contribution in [1.29, 1.82) is 0 Å². The first-order chi connectivity index (χ1) is 15.4. The van der Waals surface area contributed by atoms with Gasteiger partial charge in [0.05, 0.1) is 23.3 Å². The molecule has 2 aromatic rings. The van der Waals surface area contributed by atoms with Crippen LogP contribution in [0.3, 0.4) is 0 Å². The first kappa shape index (κ1) is 20.9. The van der Waals surface area contributed by atoms with Crippen LogP contribution in [0.4, 0.5) is 0 Å². The van der Waals surface area contributed by atoms with Crippen molar-refractivity contribution in [3.05, 3.63) is 40.9 Å². The number of allylic oxidation sites excluding steroid dienone is 2. The van der Waals surface area contributed by atoms with Crippen LogP contribution in [0.5, 0.6) is 5.75 Å². The average Bonchev–Trinajstić information content (AvgIpc) is 3.35. The van der Waals surface area contributed by atoms with Crippen LogP contribution in [0, 0.1) is 28.6 Å². The Labute approximate surface area is 195 Å². The molecule has 1 aromatic carbocycles. The maximum atomic E-state index is 10.7. The molecule has 32 heavy (non-hydrogen) atoms. The Balaban J connectivity index is 1.36. The van der Waals surface area contributed by atoms with E-state index in [2.05, 4.69) is 38.1 Å². The van der Waals surface area contributed by atoms with E-state index in [4.69, 9.17) is 9.72 Å². The Hall–Kier alpha value is -1.65. The number of fused-ring (bicyclic) bond motifs is 7. The Bertz CT molecular complexity index is 1070. The van der Waals surface area contributed by atoms with Crippen molar-refractivity contribution < 1.29 is 9.84 Å². The fourth-order valence-corrected chi connectivity index (χ4v) is 9.14. The predicted octanol–water partition coefficient (Wildman–Crippen LogP) is 6.75. The molecule has 1 heterocycles. The molecular weight excluding hydrogens is 414 g/mol. The van der Waals surface area contributed by atoms with Gasteiger partial charge in [-0.2, -0.15) is 0 Å². The van der Waals surface area contributed by atoms with Crippen LogP contribution in [0.1, 0.15) is 69.9 Å². The van der Waals surface area contributed by atoms with Gasteiger partial charge in [-0.15, -0.1) is 11.3 Å². The summed E-state index contributed by atoms with van der Waals surface area (Å²) in [5.74, 6) is 3.08. The van der Waals surface area contributed by atoms with Crippen molar-refractivity contribution in [2.45, 2.75) is 71.8 Å². The number of rotatable bonds is 3. The number of thiazole rings is 1. The molecule has 0 radical (unpaired) electrons. The van der Waals surface area contributed by atoms with Crippen LogP contribution in [-0.2, 0) is 6.42 Å². The number of nitrogens with zero attached hydrogens (tertiary/aromatic N) is 1. The minimum absolute atomic E-state index is 0.0962. The average molecular weight is 450 g/mol. The molecule has 1 aromatic heterocycles. The molecule has 4 aliphatic rings. The van der Waals surface area contributed by atoms with Gasteiger partial charge in [0.2, 0.25) is 0 Å². The topological polar surface area (TPSA) is 42.4 Å². The number of hydrogen-bond donors (Lipinski definition) is 1. The molecule has 3 nitrogen and oxygen atoms in total. The molecule has 0 aliphatic heterocycles. The van der Waals surface area contributed by atoms with E-state index < -0.39 is 0 Å². The lowest BCUT2D eigenvalue weighted by atomic mass is 9.48. The highest BCUT2D eigenvalue weighted by Crippen LogP contribution is 2.66. The first-order valence-corrected chi connectivity index (χ1v) is 13.4. The smallest absolute Gasteiger partial charge is 0.124 e. The molecule has 170 valence electrons. The standard InChI is InChI=1S/C28H35NO2S/c1-4-31-18-7-5-6-17(16-18)26-29-23-13-15-27(2)21-12-14-28(3)20(10-11-24(28)30)19(21)8-9-22(27)25(23)32-26/h5-7,9,16,19-21,24,30H,4,8,10-15H2,1-3H3/t19-,20-,21-,24-,27+,28-/m0/s1. The Morgan fingerprint density at radius 1 is 1.16 bits per heavy atom. The summed E-state index contributed by atoms with van der Waals surface area (Å²) < 4.78 is 5.73. The maximum Gasteiger partial charge on any atom is 0.124 e. The number of ether oxygens (including phenoxy) is 1. The number of aliphatic hydroxyl groups is 1.